The molecular weight excluding hydrogens is 298 g/mol. The average molecular weight is 304 g/mol. The first-order chi connectivity index (χ1) is 9.84. The maximum absolute atomic E-state index is 13.4. The van der Waals surface area contributed by atoms with Gasteiger partial charge in [-0.2, -0.15) is 0 Å². The standard InChI is InChI=1S/C14H6F6O/c15-7-4-2-1-3-6(7)5-8(21)9-10(16)12(18)14(20)13(19)11(9)17/h1-4H,5H2. The molecule has 0 spiro atoms. The van der Waals surface area contributed by atoms with E-state index in [9.17, 15) is 31.1 Å². The fourth-order valence-electron chi connectivity index (χ4n) is 1.75. The van der Waals surface area contributed by atoms with Gasteiger partial charge in [-0.3, -0.25) is 4.79 Å². The molecule has 0 fully saturated rings. The maximum atomic E-state index is 13.4. The topological polar surface area (TPSA) is 17.1 Å². The van der Waals surface area contributed by atoms with E-state index in [0.29, 0.717) is 0 Å². The third kappa shape index (κ3) is 2.63. The highest BCUT2D eigenvalue weighted by atomic mass is 19.2. The minimum atomic E-state index is -2.35. The number of carbonyl (C=O) groups excluding carboxylic acids is 1. The normalized spacial score (nSPS) is 10.8. The van der Waals surface area contributed by atoms with E-state index < -0.39 is 52.7 Å². The van der Waals surface area contributed by atoms with Gasteiger partial charge in [-0.25, -0.2) is 26.3 Å². The van der Waals surface area contributed by atoms with Crippen LogP contribution in [0.1, 0.15) is 15.9 Å². The Hall–Kier alpha value is -2.31. The third-order valence-corrected chi connectivity index (χ3v) is 2.80. The van der Waals surface area contributed by atoms with E-state index in [1.54, 1.807) is 0 Å². The number of hydrogen-bond acceptors (Lipinski definition) is 1. The molecule has 0 saturated carbocycles. The van der Waals surface area contributed by atoms with Crippen molar-refractivity contribution in [1.29, 1.82) is 0 Å². The first kappa shape index (κ1) is 15.1. The van der Waals surface area contributed by atoms with Crippen molar-refractivity contribution in [2.45, 2.75) is 6.42 Å². The van der Waals surface area contributed by atoms with Crippen LogP contribution < -0.4 is 0 Å². The van der Waals surface area contributed by atoms with Crippen LogP contribution in [0.3, 0.4) is 0 Å². The lowest BCUT2D eigenvalue weighted by Gasteiger charge is -2.08. The van der Waals surface area contributed by atoms with Crippen molar-refractivity contribution < 1.29 is 31.1 Å². The molecule has 21 heavy (non-hydrogen) atoms. The van der Waals surface area contributed by atoms with Gasteiger partial charge in [0.15, 0.2) is 29.1 Å². The summed E-state index contributed by atoms with van der Waals surface area (Å²) in [5.41, 5.74) is -1.79. The molecule has 7 heteroatoms. The van der Waals surface area contributed by atoms with E-state index in [-0.39, 0.29) is 5.56 Å². The van der Waals surface area contributed by atoms with Gasteiger partial charge in [0.1, 0.15) is 5.82 Å². The van der Waals surface area contributed by atoms with Crippen LogP contribution in [0.25, 0.3) is 0 Å². The van der Waals surface area contributed by atoms with Gasteiger partial charge in [0.05, 0.1) is 5.56 Å². The summed E-state index contributed by atoms with van der Waals surface area (Å²) in [5, 5.41) is 0. The minimum Gasteiger partial charge on any atom is -0.294 e. The average Bonchev–Trinajstić information content (AvgIpc) is 2.46. The second kappa shape index (κ2) is 5.59. The molecule has 1 nitrogen and oxygen atoms in total. The van der Waals surface area contributed by atoms with Gasteiger partial charge in [0.2, 0.25) is 5.82 Å². The van der Waals surface area contributed by atoms with E-state index in [2.05, 4.69) is 0 Å². The summed E-state index contributed by atoms with van der Waals surface area (Å²) in [6.45, 7) is 0. The maximum Gasteiger partial charge on any atom is 0.200 e. The lowest BCUT2D eigenvalue weighted by atomic mass is 10.0. The molecule has 0 bridgehead atoms. The van der Waals surface area contributed by atoms with Crippen LogP contribution in [0.4, 0.5) is 26.3 Å². The Morgan fingerprint density at radius 3 is 1.76 bits per heavy atom. The summed E-state index contributed by atoms with van der Waals surface area (Å²) in [6, 6.07) is 4.85. The van der Waals surface area contributed by atoms with E-state index in [4.69, 9.17) is 0 Å². The van der Waals surface area contributed by atoms with Crippen LogP contribution in [-0.4, -0.2) is 5.78 Å². The second-order valence-electron chi connectivity index (χ2n) is 4.14. The Labute approximate surface area is 114 Å². The number of Topliss-reactive ketones (excluding diaryl/α,β-unsaturated/α-hetero) is 1. The zero-order chi connectivity index (χ0) is 15.7. The smallest absolute Gasteiger partial charge is 0.200 e. The predicted molar refractivity (Wildman–Crippen MR) is 60.7 cm³/mol. The molecule has 2 rings (SSSR count). The lowest BCUT2D eigenvalue weighted by molar-refractivity contribution is 0.0980. The molecule has 0 aliphatic rings. The van der Waals surface area contributed by atoms with Gasteiger partial charge in [0.25, 0.3) is 0 Å². The van der Waals surface area contributed by atoms with E-state index in [0.717, 1.165) is 6.07 Å². The van der Waals surface area contributed by atoms with Gasteiger partial charge in [0, 0.05) is 6.42 Å². The second-order valence-corrected chi connectivity index (χ2v) is 4.14. The van der Waals surface area contributed by atoms with Crippen molar-refractivity contribution in [3.05, 3.63) is 70.3 Å². The molecular formula is C14H6F6O. The van der Waals surface area contributed by atoms with Crippen LogP contribution >= 0.6 is 0 Å². The van der Waals surface area contributed by atoms with Crippen LogP contribution in [0.2, 0.25) is 0 Å². The number of rotatable bonds is 3. The zero-order valence-electron chi connectivity index (χ0n) is 10.2. The number of benzene rings is 2. The van der Waals surface area contributed by atoms with Gasteiger partial charge < -0.3 is 0 Å². The predicted octanol–water partition coefficient (Wildman–Crippen LogP) is 3.95. The highest BCUT2D eigenvalue weighted by molar-refractivity contribution is 5.98. The molecule has 0 saturated heterocycles. The van der Waals surface area contributed by atoms with Crippen LogP contribution in [0, 0.1) is 34.9 Å². The van der Waals surface area contributed by atoms with Gasteiger partial charge in [-0.15, -0.1) is 0 Å². The van der Waals surface area contributed by atoms with Crippen molar-refractivity contribution in [1.82, 2.24) is 0 Å². The highest BCUT2D eigenvalue weighted by Gasteiger charge is 2.29. The molecule has 2 aromatic carbocycles. The number of hydrogen-bond donors (Lipinski definition) is 0. The Morgan fingerprint density at radius 2 is 1.24 bits per heavy atom. The Balaban J connectivity index is 2.48. The Morgan fingerprint density at radius 1 is 0.762 bits per heavy atom. The fraction of sp³-hybridized carbons (Fsp3) is 0.0714. The fourth-order valence-corrected chi connectivity index (χ4v) is 1.75. The van der Waals surface area contributed by atoms with E-state index in [1.807, 2.05) is 0 Å². The van der Waals surface area contributed by atoms with E-state index >= 15 is 0 Å². The zero-order valence-corrected chi connectivity index (χ0v) is 10.2. The SMILES string of the molecule is O=C(Cc1ccccc1F)c1c(F)c(F)c(F)c(F)c1F. The molecule has 2 aromatic rings. The van der Waals surface area contributed by atoms with Gasteiger partial charge in [-0.1, -0.05) is 18.2 Å². The molecule has 0 aliphatic carbocycles. The lowest BCUT2D eigenvalue weighted by Crippen LogP contribution is -2.15. The van der Waals surface area contributed by atoms with E-state index in [1.165, 1.54) is 18.2 Å². The molecule has 0 unspecified atom stereocenters. The van der Waals surface area contributed by atoms with Crippen molar-refractivity contribution in [2.75, 3.05) is 0 Å². The van der Waals surface area contributed by atoms with Crippen molar-refractivity contribution in [3.8, 4) is 0 Å². The number of ketones is 1. The van der Waals surface area contributed by atoms with Gasteiger partial charge in [-0.05, 0) is 11.6 Å². The largest absolute Gasteiger partial charge is 0.294 e. The molecule has 0 N–H and O–H groups in total. The number of carbonyl (C=O) groups is 1. The first-order valence-corrected chi connectivity index (χ1v) is 5.62. The molecule has 0 atom stereocenters. The van der Waals surface area contributed by atoms with Crippen molar-refractivity contribution >= 4 is 5.78 Å². The van der Waals surface area contributed by atoms with Crippen LogP contribution in [0.15, 0.2) is 24.3 Å². The summed E-state index contributed by atoms with van der Waals surface area (Å²) in [6.07, 6.45) is -0.828. The third-order valence-electron chi connectivity index (χ3n) is 2.80. The summed E-state index contributed by atoms with van der Waals surface area (Å²) >= 11 is 0. The molecule has 0 amide bonds. The van der Waals surface area contributed by atoms with Crippen molar-refractivity contribution in [2.24, 2.45) is 0 Å². The number of halogens is 6. The molecule has 0 heterocycles. The molecule has 0 radical (unpaired) electrons. The summed E-state index contributed by atoms with van der Waals surface area (Å²) < 4.78 is 79.0. The van der Waals surface area contributed by atoms with Crippen LogP contribution in [0.5, 0.6) is 0 Å². The quantitative estimate of drug-likeness (QED) is 0.363. The minimum absolute atomic E-state index is 0.216. The first-order valence-electron chi connectivity index (χ1n) is 5.62. The highest BCUT2D eigenvalue weighted by Crippen LogP contribution is 2.24. The van der Waals surface area contributed by atoms with Gasteiger partial charge >= 0.3 is 0 Å². The molecule has 0 aliphatic heterocycles. The summed E-state index contributed by atoms with van der Waals surface area (Å²) in [5.74, 6) is -13.5. The molecule has 110 valence electrons. The van der Waals surface area contributed by atoms with Crippen LogP contribution in [-0.2, 0) is 6.42 Å². The summed E-state index contributed by atoms with van der Waals surface area (Å²) in [4.78, 5) is 11.7. The molecule has 0 aromatic heterocycles. The Kier molecular flexibility index (Phi) is 4.02. The monoisotopic (exact) mass is 304 g/mol. The van der Waals surface area contributed by atoms with Crippen molar-refractivity contribution in [3.63, 3.8) is 0 Å². The Bertz CT molecular complexity index is 697. The summed E-state index contributed by atoms with van der Waals surface area (Å²) in [7, 11) is 0.